The number of hydrogen-bond donors (Lipinski definition) is 2. The minimum atomic E-state index is -0.135. The zero-order chi connectivity index (χ0) is 16.8. The van der Waals surface area contributed by atoms with Crippen LogP contribution < -0.4 is 10.6 Å². The van der Waals surface area contributed by atoms with Crippen molar-refractivity contribution < 1.29 is 4.79 Å². The van der Waals surface area contributed by atoms with E-state index in [-0.39, 0.29) is 12.1 Å². The number of thiophene rings is 1. The number of benzene rings is 1. The average Bonchev–Trinajstić information content (AvgIpc) is 2.92. The molecular weight excluding hydrogens is 316 g/mol. The van der Waals surface area contributed by atoms with Crippen LogP contribution in [0.5, 0.6) is 0 Å². The van der Waals surface area contributed by atoms with Gasteiger partial charge in [0.15, 0.2) is 0 Å². The smallest absolute Gasteiger partial charge is 0.256 e. The Morgan fingerprint density at radius 1 is 1.17 bits per heavy atom. The van der Waals surface area contributed by atoms with Crippen molar-refractivity contribution in [1.29, 1.82) is 0 Å². The molecule has 1 aliphatic heterocycles. The van der Waals surface area contributed by atoms with Crippen molar-refractivity contribution in [3.63, 3.8) is 0 Å². The quantitative estimate of drug-likeness (QED) is 0.820. The molecule has 0 saturated carbocycles. The fourth-order valence-corrected chi connectivity index (χ4v) is 5.14. The summed E-state index contributed by atoms with van der Waals surface area (Å²) in [5, 5.41) is 7.74. The van der Waals surface area contributed by atoms with Crippen LogP contribution in [0.2, 0.25) is 0 Å². The maximum Gasteiger partial charge on any atom is 0.256 e. The van der Waals surface area contributed by atoms with E-state index in [4.69, 9.17) is 0 Å². The van der Waals surface area contributed by atoms with Crippen molar-refractivity contribution in [1.82, 2.24) is 5.32 Å². The lowest BCUT2D eigenvalue weighted by Crippen LogP contribution is -2.38. The van der Waals surface area contributed by atoms with Crippen LogP contribution in [-0.4, -0.2) is 5.91 Å². The molecule has 1 amide bonds. The minimum absolute atomic E-state index is 0.0775. The first-order chi connectivity index (χ1) is 11.5. The maximum absolute atomic E-state index is 12.7. The highest BCUT2D eigenvalue weighted by molar-refractivity contribution is 7.16. The molecular formula is C20H24N2OS. The van der Waals surface area contributed by atoms with Gasteiger partial charge in [0.1, 0.15) is 11.2 Å². The highest BCUT2D eigenvalue weighted by Gasteiger charge is 2.32. The van der Waals surface area contributed by atoms with Crippen molar-refractivity contribution in [2.75, 3.05) is 5.32 Å². The summed E-state index contributed by atoms with van der Waals surface area (Å²) >= 11 is 1.78. The monoisotopic (exact) mass is 340 g/mol. The summed E-state index contributed by atoms with van der Waals surface area (Å²) in [5.74, 6) is 1.32. The molecule has 2 unspecified atom stereocenters. The van der Waals surface area contributed by atoms with Crippen LogP contribution >= 0.6 is 11.3 Å². The van der Waals surface area contributed by atoms with Crippen molar-refractivity contribution in [2.45, 2.75) is 52.1 Å². The molecule has 4 rings (SSSR count). The molecule has 2 atom stereocenters. The summed E-state index contributed by atoms with van der Waals surface area (Å²) < 4.78 is 0. The molecule has 126 valence electrons. The molecule has 1 aliphatic carbocycles. The summed E-state index contributed by atoms with van der Waals surface area (Å²) in [6.45, 7) is 6.69. The Morgan fingerprint density at radius 2 is 1.92 bits per heavy atom. The van der Waals surface area contributed by atoms with E-state index in [0.29, 0.717) is 5.92 Å². The Morgan fingerprint density at radius 3 is 2.62 bits per heavy atom. The van der Waals surface area contributed by atoms with Gasteiger partial charge < -0.3 is 10.6 Å². The Labute approximate surface area is 147 Å². The predicted octanol–water partition coefficient (Wildman–Crippen LogP) is 4.85. The van der Waals surface area contributed by atoms with Crippen molar-refractivity contribution in [3.8, 4) is 0 Å². The molecule has 1 aromatic heterocycles. The molecule has 2 aromatic rings. The fraction of sp³-hybridized carbons (Fsp3) is 0.450. The number of carbonyl (C=O) groups excluding carboxylic acids is 1. The standard InChI is InChI=1S/C20H24N2OS/c1-11(2)13-5-7-14(8-6-13)18-21-19(23)17-15-9-4-12(3)10-16(15)24-20(17)22-18/h5-8,11-12,18,22H,4,9-10H2,1-3H3,(H,21,23). The molecule has 4 heteroatoms. The fourth-order valence-electron chi connectivity index (χ4n) is 3.70. The normalized spacial score (nSPS) is 22.6. The lowest BCUT2D eigenvalue weighted by atomic mass is 9.88. The lowest BCUT2D eigenvalue weighted by Gasteiger charge is -2.27. The molecule has 0 spiro atoms. The SMILES string of the molecule is CC1CCc2c(sc3c2C(=O)NC(c2ccc(C(C)C)cc2)N3)C1. The zero-order valence-corrected chi connectivity index (χ0v) is 15.3. The van der Waals surface area contributed by atoms with E-state index in [9.17, 15) is 4.79 Å². The van der Waals surface area contributed by atoms with Crippen LogP contribution in [0.3, 0.4) is 0 Å². The van der Waals surface area contributed by atoms with Crippen LogP contribution in [-0.2, 0) is 12.8 Å². The second kappa shape index (κ2) is 5.92. The van der Waals surface area contributed by atoms with Crippen LogP contribution in [0.1, 0.15) is 71.2 Å². The third-order valence-corrected chi connectivity index (χ3v) is 6.41. The molecule has 1 aromatic carbocycles. The van der Waals surface area contributed by atoms with Gasteiger partial charge in [-0.2, -0.15) is 0 Å². The minimum Gasteiger partial charge on any atom is -0.353 e. The molecule has 3 nitrogen and oxygen atoms in total. The molecule has 0 saturated heterocycles. The van der Waals surface area contributed by atoms with Gasteiger partial charge in [-0.05, 0) is 47.8 Å². The van der Waals surface area contributed by atoms with Gasteiger partial charge in [0.05, 0.1) is 5.56 Å². The number of carbonyl (C=O) groups is 1. The number of nitrogens with one attached hydrogen (secondary N) is 2. The average molecular weight is 340 g/mol. The number of anilines is 1. The first-order valence-electron chi connectivity index (χ1n) is 8.84. The molecule has 24 heavy (non-hydrogen) atoms. The first kappa shape index (κ1) is 15.7. The third kappa shape index (κ3) is 2.63. The number of amides is 1. The molecule has 2 N–H and O–H groups in total. The van der Waals surface area contributed by atoms with Gasteiger partial charge in [-0.25, -0.2) is 0 Å². The van der Waals surface area contributed by atoms with E-state index in [2.05, 4.69) is 55.7 Å². The van der Waals surface area contributed by atoms with Crippen LogP contribution in [0.4, 0.5) is 5.00 Å². The van der Waals surface area contributed by atoms with Crippen molar-refractivity contribution in [2.24, 2.45) is 5.92 Å². The van der Waals surface area contributed by atoms with Gasteiger partial charge in [0.2, 0.25) is 0 Å². The van der Waals surface area contributed by atoms with Crippen LogP contribution in [0.25, 0.3) is 0 Å². The van der Waals surface area contributed by atoms with E-state index in [1.807, 2.05) is 0 Å². The Bertz CT molecular complexity index is 776. The summed E-state index contributed by atoms with van der Waals surface area (Å²) in [5.41, 5.74) is 4.61. The highest BCUT2D eigenvalue weighted by Crippen LogP contribution is 2.42. The third-order valence-electron chi connectivity index (χ3n) is 5.23. The zero-order valence-electron chi connectivity index (χ0n) is 14.5. The van der Waals surface area contributed by atoms with Gasteiger partial charge in [-0.3, -0.25) is 4.79 Å². The Balaban J connectivity index is 1.63. The lowest BCUT2D eigenvalue weighted by molar-refractivity contribution is 0.0935. The van der Waals surface area contributed by atoms with Crippen LogP contribution in [0, 0.1) is 5.92 Å². The van der Waals surface area contributed by atoms with Gasteiger partial charge >= 0.3 is 0 Å². The van der Waals surface area contributed by atoms with Crippen LogP contribution in [0.15, 0.2) is 24.3 Å². The van der Waals surface area contributed by atoms with E-state index in [0.717, 1.165) is 34.9 Å². The summed E-state index contributed by atoms with van der Waals surface area (Å²) in [7, 11) is 0. The predicted molar refractivity (Wildman–Crippen MR) is 99.9 cm³/mol. The van der Waals surface area contributed by atoms with E-state index in [1.165, 1.54) is 22.4 Å². The second-order valence-electron chi connectivity index (χ2n) is 7.43. The van der Waals surface area contributed by atoms with Gasteiger partial charge in [-0.15, -0.1) is 11.3 Å². The molecule has 0 radical (unpaired) electrons. The second-order valence-corrected chi connectivity index (χ2v) is 8.53. The van der Waals surface area contributed by atoms with Crippen molar-refractivity contribution in [3.05, 3.63) is 51.4 Å². The van der Waals surface area contributed by atoms with E-state index in [1.54, 1.807) is 11.3 Å². The molecule has 2 aliphatic rings. The Hall–Kier alpha value is -1.81. The summed E-state index contributed by atoms with van der Waals surface area (Å²) in [6, 6.07) is 8.55. The first-order valence-corrected chi connectivity index (χ1v) is 9.66. The summed E-state index contributed by atoms with van der Waals surface area (Å²) in [6.07, 6.45) is 3.19. The van der Waals surface area contributed by atoms with Gasteiger partial charge in [0, 0.05) is 4.88 Å². The van der Waals surface area contributed by atoms with Gasteiger partial charge in [0.25, 0.3) is 5.91 Å². The molecule has 0 bridgehead atoms. The van der Waals surface area contributed by atoms with Crippen molar-refractivity contribution >= 4 is 22.2 Å². The van der Waals surface area contributed by atoms with Gasteiger partial charge in [-0.1, -0.05) is 45.0 Å². The molecule has 0 fully saturated rings. The number of fused-ring (bicyclic) bond motifs is 3. The Kier molecular flexibility index (Phi) is 3.87. The van der Waals surface area contributed by atoms with E-state index >= 15 is 0 Å². The summed E-state index contributed by atoms with van der Waals surface area (Å²) in [4.78, 5) is 14.1. The maximum atomic E-state index is 12.7. The number of hydrogen-bond acceptors (Lipinski definition) is 3. The van der Waals surface area contributed by atoms with E-state index < -0.39 is 0 Å². The molecule has 2 heterocycles. The number of rotatable bonds is 2. The highest BCUT2D eigenvalue weighted by atomic mass is 32.1. The largest absolute Gasteiger partial charge is 0.353 e. The topological polar surface area (TPSA) is 41.1 Å².